The summed E-state index contributed by atoms with van der Waals surface area (Å²) in [5.41, 5.74) is 7.82. The van der Waals surface area contributed by atoms with Gasteiger partial charge in [0.1, 0.15) is 12.4 Å². The molecule has 0 atom stereocenters. The van der Waals surface area contributed by atoms with Crippen LogP contribution in [0.25, 0.3) is 0 Å². The number of aromatic nitrogens is 3. The maximum Gasteiger partial charge on any atom is 0.280 e. The predicted octanol–water partition coefficient (Wildman–Crippen LogP) is 3.01. The fourth-order valence-electron chi connectivity index (χ4n) is 2.64. The Kier molecular flexibility index (Phi) is 5.87. The van der Waals surface area contributed by atoms with Gasteiger partial charge in [0, 0.05) is 11.4 Å². The summed E-state index contributed by atoms with van der Waals surface area (Å²) in [5.74, 6) is -1.17. The monoisotopic (exact) mass is 396 g/mol. The van der Waals surface area contributed by atoms with Crippen LogP contribution in [0.3, 0.4) is 0 Å². The molecule has 0 saturated heterocycles. The lowest BCUT2D eigenvalue weighted by Gasteiger charge is -2.09. The Morgan fingerprint density at radius 1 is 1.10 bits per heavy atom. The highest BCUT2D eigenvalue weighted by molar-refractivity contribution is 6.05. The van der Waals surface area contributed by atoms with Crippen molar-refractivity contribution in [3.05, 3.63) is 65.6 Å². The van der Waals surface area contributed by atoms with Crippen LogP contribution < -0.4 is 16.4 Å². The number of anilines is 3. The maximum atomic E-state index is 13.2. The first-order chi connectivity index (χ1) is 13.8. The van der Waals surface area contributed by atoms with Crippen LogP contribution in [0, 0.1) is 5.82 Å². The van der Waals surface area contributed by atoms with Crippen molar-refractivity contribution in [2.24, 2.45) is 0 Å². The van der Waals surface area contributed by atoms with Gasteiger partial charge in [-0.25, -0.2) is 9.07 Å². The first-order valence-corrected chi connectivity index (χ1v) is 8.99. The third kappa shape index (κ3) is 4.95. The van der Waals surface area contributed by atoms with Gasteiger partial charge in [-0.1, -0.05) is 37.3 Å². The van der Waals surface area contributed by atoms with Crippen LogP contribution in [0.15, 0.2) is 48.5 Å². The normalized spacial score (nSPS) is 10.8. The second-order valence-electron chi connectivity index (χ2n) is 6.77. The van der Waals surface area contributed by atoms with Crippen molar-refractivity contribution in [2.75, 3.05) is 16.4 Å². The van der Waals surface area contributed by atoms with E-state index in [0.29, 0.717) is 11.6 Å². The Hall–Kier alpha value is -3.75. The molecule has 8 nitrogen and oxygen atoms in total. The number of benzene rings is 2. The van der Waals surface area contributed by atoms with E-state index in [1.165, 1.54) is 18.2 Å². The number of nitrogens with zero attached hydrogens (tertiary/aromatic N) is 3. The molecule has 9 heteroatoms. The summed E-state index contributed by atoms with van der Waals surface area (Å²) < 4.78 is 14.4. The lowest BCUT2D eigenvalue weighted by atomic mass is 10.0. The first-order valence-electron chi connectivity index (χ1n) is 8.99. The van der Waals surface area contributed by atoms with Gasteiger partial charge in [-0.3, -0.25) is 9.59 Å². The smallest absolute Gasteiger partial charge is 0.280 e. The molecule has 0 aliphatic carbocycles. The lowest BCUT2D eigenvalue weighted by molar-refractivity contribution is -0.116. The average Bonchev–Trinajstić information content (AvgIpc) is 3.02. The quantitative estimate of drug-likeness (QED) is 0.592. The van der Waals surface area contributed by atoms with Crippen molar-refractivity contribution >= 4 is 29.0 Å². The Bertz CT molecular complexity index is 1030. The van der Waals surface area contributed by atoms with Gasteiger partial charge in [-0.15, -0.1) is 5.10 Å². The van der Waals surface area contributed by atoms with Gasteiger partial charge in [-0.05, 0) is 41.8 Å². The number of halogens is 1. The van der Waals surface area contributed by atoms with Crippen LogP contribution in [0.2, 0.25) is 0 Å². The topological polar surface area (TPSA) is 115 Å². The standard InChI is InChI=1S/C20H21FN6O2/c1-12(2)13-6-8-15(9-7-13)23-17(28)11-27-19(22)18(25-26-27)20(29)24-16-5-3-4-14(21)10-16/h3-10,12H,11,22H2,1-2H3,(H,23,28)(H,24,29). The Morgan fingerprint density at radius 3 is 2.48 bits per heavy atom. The summed E-state index contributed by atoms with van der Waals surface area (Å²) in [6.45, 7) is 3.96. The molecule has 0 saturated carbocycles. The van der Waals surface area contributed by atoms with Gasteiger partial charge in [0.05, 0.1) is 0 Å². The van der Waals surface area contributed by atoms with Gasteiger partial charge >= 0.3 is 0 Å². The molecular formula is C20H21FN6O2. The molecule has 0 aliphatic heterocycles. The third-order valence-electron chi connectivity index (χ3n) is 4.23. The second kappa shape index (κ2) is 8.51. The van der Waals surface area contributed by atoms with E-state index in [9.17, 15) is 14.0 Å². The minimum absolute atomic E-state index is 0.0655. The van der Waals surface area contributed by atoms with Crippen molar-refractivity contribution < 1.29 is 14.0 Å². The molecule has 0 radical (unpaired) electrons. The van der Waals surface area contributed by atoms with Crippen molar-refractivity contribution in [3.63, 3.8) is 0 Å². The molecule has 1 heterocycles. The van der Waals surface area contributed by atoms with E-state index in [0.717, 1.165) is 16.3 Å². The van der Waals surface area contributed by atoms with Gasteiger partial charge in [0.25, 0.3) is 5.91 Å². The highest BCUT2D eigenvalue weighted by Gasteiger charge is 2.19. The predicted molar refractivity (Wildman–Crippen MR) is 108 cm³/mol. The van der Waals surface area contributed by atoms with Crippen LogP contribution in [-0.4, -0.2) is 26.8 Å². The summed E-state index contributed by atoms with van der Waals surface area (Å²) in [7, 11) is 0. The molecule has 1 aromatic heterocycles. The Balaban J connectivity index is 1.64. The summed E-state index contributed by atoms with van der Waals surface area (Å²) in [4.78, 5) is 24.6. The molecule has 3 aromatic rings. The lowest BCUT2D eigenvalue weighted by Crippen LogP contribution is -2.21. The largest absolute Gasteiger partial charge is 0.382 e. The Labute approximate surface area is 166 Å². The summed E-state index contributed by atoms with van der Waals surface area (Å²) in [6.07, 6.45) is 0. The minimum Gasteiger partial charge on any atom is -0.382 e. The van der Waals surface area contributed by atoms with Crippen LogP contribution in [0.4, 0.5) is 21.6 Å². The number of carbonyl (C=O) groups is 2. The zero-order valence-electron chi connectivity index (χ0n) is 16.0. The molecule has 2 aromatic carbocycles. The van der Waals surface area contributed by atoms with Crippen molar-refractivity contribution in [3.8, 4) is 0 Å². The van der Waals surface area contributed by atoms with Crippen LogP contribution in [0.1, 0.15) is 35.8 Å². The summed E-state index contributed by atoms with van der Waals surface area (Å²) in [5, 5.41) is 12.7. The van der Waals surface area contributed by atoms with E-state index in [4.69, 9.17) is 5.73 Å². The minimum atomic E-state index is -0.649. The molecule has 0 spiro atoms. The molecule has 29 heavy (non-hydrogen) atoms. The van der Waals surface area contributed by atoms with Crippen LogP contribution >= 0.6 is 0 Å². The fraction of sp³-hybridized carbons (Fsp3) is 0.200. The molecule has 150 valence electrons. The zero-order valence-corrected chi connectivity index (χ0v) is 16.0. The molecule has 3 rings (SSSR count). The number of carbonyl (C=O) groups excluding carboxylic acids is 2. The number of nitrogens with one attached hydrogen (secondary N) is 2. The van der Waals surface area contributed by atoms with Gasteiger partial charge in [0.15, 0.2) is 11.5 Å². The van der Waals surface area contributed by atoms with Crippen LogP contribution in [-0.2, 0) is 11.3 Å². The molecule has 4 N–H and O–H groups in total. The molecule has 2 amide bonds. The van der Waals surface area contributed by atoms with Crippen LogP contribution in [0.5, 0.6) is 0 Å². The zero-order chi connectivity index (χ0) is 21.0. The van der Waals surface area contributed by atoms with Gasteiger partial charge in [-0.2, -0.15) is 0 Å². The maximum absolute atomic E-state index is 13.2. The fourth-order valence-corrected chi connectivity index (χ4v) is 2.64. The van der Waals surface area contributed by atoms with E-state index in [-0.39, 0.29) is 29.7 Å². The SMILES string of the molecule is CC(C)c1ccc(NC(=O)Cn2nnc(C(=O)Nc3cccc(F)c3)c2N)cc1. The highest BCUT2D eigenvalue weighted by Crippen LogP contribution is 2.17. The van der Waals surface area contributed by atoms with E-state index in [1.807, 2.05) is 24.3 Å². The number of nitrogens with two attached hydrogens (primary N) is 1. The number of rotatable bonds is 6. The molecule has 0 unspecified atom stereocenters. The number of nitrogen functional groups attached to an aromatic ring is 1. The third-order valence-corrected chi connectivity index (χ3v) is 4.23. The van der Waals surface area contributed by atoms with Gasteiger partial charge in [0.2, 0.25) is 5.91 Å². The number of hydrogen-bond acceptors (Lipinski definition) is 5. The molecule has 0 aliphatic rings. The molecular weight excluding hydrogens is 375 g/mol. The Morgan fingerprint density at radius 2 is 1.83 bits per heavy atom. The first kappa shape index (κ1) is 20.0. The number of hydrogen-bond donors (Lipinski definition) is 3. The van der Waals surface area contributed by atoms with Gasteiger partial charge < -0.3 is 16.4 Å². The average molecular weight is 396 g/mol. The van der Waals surface area contributed by atoms with E-state index < -0.39 is 11.7 Å². The summed E-state index contributed by atoms with van der Waals surface area (Å²) in [6, 6.07) is 12.9. The van der Waals surface area contributed by atoms with E-state index in [2.05, 4.69) is 34.8 Å². The van der Waals surface area contributed by atoms with E-state index in [1.54, 1.807) is 0 Å². The molecule has 0 fully saturated rings. The van der Waals surface area contributed by atoms with Crippen molar-refractivity contribution in [2.45, 2.75) is 26.3 Å². The molecule has 0 bridgehead atoms. The van der Waals surface area contributed by atoms with Crippen molar-refractivity contribution in [1.82, 2.24) is 15.0 Å². The van der Waals surface area contributed by atoms with Crippen molar-refractivity contribution in [1.29, 1.82) is 0 Å². The highest BCUT2D eigenvalue weighted by atomic mass is 19.1. The second-order valence-corrected chi connectivity index (χ2v) is 6.77. The number of amides is 2. The van der Waals surface area contributed by atoms with E-state index >= 15 is 0 Å². The summed E-state index contributed by atoms with van der Waals surface area (Å²) >= 11 is 0.